The Morgan fingerprint density at radius 1 is 0.380 bits per heavy atom. The average molecular weight is 1150 g/mol. The third-order valence-electron chi connectivity index (χ3n) is 15.7. The second kappa shape index (κ2) is 30.0. The molecule has 6 rings (SSSR count). The maximum absolute atomic E-state index is 12.4. The summed E-state index contributed by atoms with van der Waals surface area (Å²) in [5, 5.41) is 174. The van der Waals surface area contributed by atoms with Gasteiger partial charge in [0.25, 0.3) is 0 Å². The standard InChI is InChI=1S/C50H88O29/c1-18(2)23(14-12-10-8-7-9-11-13-15-26(53)54)72-48-42(34(62)29(57)21(5)70-48)79-50-44(36(64)31(59)25(17-52)74-50)78-47-39(67)41(40(22(6)71-47)75-45-37(65)32(60)27(55)19(3)68-45)76-49-43(35(63)30(58)24(16-51)73-49)77-46-38(66)33(61)28(56)20(4)69-46/h18-25,27-52,55-67H,7-17H2,1-6H3,(H,53,54). The molecule has 0 saturated carbocycles. The molecule has 0 amide bonds. The van der Waals surface area contributed by atoms with E-state index >= 15 is 0 Å². The van der Waals surface area contributed by atoms with Crippen molar-refractivity contribution in [3.63, 3.8) is 0 Å². The van der Waals surface area contributed by atoms with Gasteiger partial charge in [0, 0.05) is 6.42 Å². The van der Waals surface area contributed by atoms with Gasteiger partial charge in [0.05, 0.1) is 43.7 Å². The van der Waals surface area contributed by atoms with E-state index in [1.54, 1.807) is 0 Å². The van der Waals surface area contributed by atoms with Crippen molar-refractivity contribution < 1.29 is 143 Å². The number of aliphatic hydroxyl groups excluding tert-OH is 15. The third kappa shape index (κ3) is 16.0. The summed E-state index contributed by atoms with van der Waals surface area (Å²) < 4.78 is 72.7. The predicted molar refractivity (Wildman–Crippen MR) is 260 cm³/mol. The second-order valence-corrected chi connectivity index (χ2v) is 22.0. The molecular formula is C50H88O29. The van der Waals surface area contributed by atoms with Gasteiger partial charge in [0.1, 0.15) is 122 Å². The molecule has 31 unspecified atom stereocenters. The lowest BCUT2D eigenvalue weighted by Gasteiger charge is -2.51. The molecular weight excluding hydrogens is 1060 g/mol. The van der Waals surface area contributed by atoms with Crippen molar-refractivity contribution in [3.8, 4) is 0 Å². The lowest BCUT2D eigenvalue weighted by Crippen LogP contribution is -2.69. The van der Waals surface area contributed by atoms with E-state index in [2.05, 4.69) is 0 Å². The zero-order chi connectivity index (χ0) is 58.3. The second-order valence-electron chi connectivity index (χ2n) is 22.0. The topological polar surface area (TPSA) is 452 Å². The molecule has 6 aliphatic heterocycles. The SMILES string of the molecule is CC(C)C(CCCCCCCCCC(=O)O)OC1OC(C)C(O)C(O)C1OC1OC(CO)C(O)C(O)C1OC1OC(C)C(OC2OC(C)C(O)C(O)C2O)C(OC2OC(CO)C(O)C(O)C2OC2OC(C)C(O)C(O)C2O)C1O. The Labute approximate surface area is 457 Å². The number of hydrogen-bond donors (Lipinski definition) is 16. The van der Waals surface area contributed by atoms with Gasteiger partial charge in [0.15, 0.2) is 37.7 Å². The molecule has 31 atom stereocenters. The van der Waals surface area contributed by atoms with E-state index in [9.17, 15) is 81.4 Å². The van der Waals surface area contributed by atoms with Crippen molar-refractivity contribution >= 4 is 5.97 Å². The molecule has 79 heavy (non-hydrogen) atoms. The van der Waals surface area contributed by atoms with Crippen LogP contribution in [-0.4, -0.2) is 291 Å². The van der Waals surface area contributed by atoms with Crippen molar-refractivity contribution in [1.82, 2.24) is 0 Å². The van der Waals surface area contributed by atoms with Crippen LogP contribution in [0.4, 0.5) is 0 Å². The number of aliphatic carboxylic acids is 1. The van der Waals surface area contributed by atoms with Crippen LogP contribution >= 0.6 is 0 Å². The number of unbranched alkanes of at least 4 members (excludes halogenated alkanes) is 6. The minimum absolute atomic E-state index is 0.110. The molecule has 0 radical (unpaired) electrons. The van der Waals surface area contributed by atoms with E-state index in [1.807, 2.05) is 13.8 Å². The summed E-state index contributed by atoms with van der Waals surface area (Å²) in [4.78, 5) is 10.8. The molecule has 0 bridgehead atoms. The van der Waals surface area contributed by atoms with Crippen LogP contribution in [0.25, 0.3) is 0 Å². The Morgan fingerprint density at radius 2 is 0.734 bits per heavy atom. The quantitative estimate of drug-likeness (QED) is 0.0380. The molecule has 29 heteroatoms. The lowest BCUT2D eigenvalue weighted by molar-refractivity contribution is -0.414. The Bertz CT molecular complexity index is 1810. The first kappa shape index (κ1) is 66.5. The van der Waals surface area contributed by atoms with Gasteiger partial charge in [-0.25, -0.2) is 0 Å². The molecule has 0 aromatic heterocycles. The number of aliphatic hydroxyl groups is 15. The van der Waals surface area contributed by atoms with Crippen LogP contribution in [-0.2, 0) is 61.6 Å². The molecule has 0 aromatic carbocycles. The summed E-state index contributed by atoms with van der Waals surface area (Å²) in [5.41, 5.74) is 0. The fourth-order valence-electron chi connectivity index (χ4n) is 10.6. The first-order chi connectivity index (χ1) is 37.3. The maximum Gasteiger partial charge on any atom is 0.303 e. The molecule has 0 aromatic rings. The van der Waals surface area contributed by atoms with Gasteiger partial charge < -0.3 is 139 Å². The molecule has 6 heterocycles. The molecule has 29 nitrogen and oxygen atoms in total. The van der Waals surface area contributed by atoms with Crippen LogP contribution in [0.15, 0.2) is 0 Å². The number of carboxylic acids is 1. The highest BCUT2D eigenvalue weighted by atomic mass is 16.8. The van der Waals surface area contributed by atoms with Gasteiger partial charge in [-0.3, -0.25) is 4.79 Å². The molecule has 462 valence electrons. The van der Waals surface area contributed by atoms with E-state index in [-0.39, 0.29) is 12.3 Å². The number of rotatable bonds is 25. The molecule has 16 N–H and O–H groups in total. The monoisotopic (exact) mass is 1150 g/mol. The van der Waals surface area contributed by atoms with Crippen molar-refractivity contribution in [2.45, 2.75) is 290 Å². The smallest absolute Gasteiger partial charge is 0.303 e. The Kier molecular flexibility index (Phi) is 25.2. The van der Waals surface area contributed by atoms with E-state index in [0.717, 1.165) is 38.5 Å². The highest BCUT2D eigenvalue weighted by molar-refractivity contribution is 5.66. The largest absolute Gasteiger partial charge is 0.481 e. The number of hydrogen-bond acceptors (Lipinski definition) is 28. The van der Waals surface area contributed by atoms with Crippen LogP contribution in [0.5, 0.6) is 0 Å². The molecule has 6 fully saturated rings. The van der Waals surface area contributed by atoms with Crippen LogP contribution in [0, 0.1) is 5.92 Å². The Balaban J connectivity index is 1.27. The highest BCUT2D eigenvalue weighted by Crippen LogP contribution is 2.39. The first-order valence-corrected chi connectivity index (χ1v) is 27.4. The van der Waals surface area contributed by atoms with Crippen molar-refractivity contribution in [2.24, 2.45) is 5.92 Å². The van der Waals surface area contributed by atoms with E-state index in [1.165, 1.54) is 27.7 Å². The van der Waals surface area contributed by atoms with Gasteiger partial charge in [-0.1, -0.05) is 52.4 Å². The zero-order valence-electron chi connectivity index (χ0n) is 45.2. The fraction of sp³-hybridized carbons (Fsp3) is 0.980. The summed E-state index contributed by atoms with van der Waals surface area (Å²) >= 11 is 0. The summed E-state index contributed by atoms with van der Waals surface area (Å²) in [6.07, 6.45) is -46.3. The minimum atomic E-state index is -2.20. The highest BCUT2D eigenvalue weighted by Gasteiger charge is 2.58. The van der Waals surface area contributed by atoms with Gasteiger partial charge in [0.2, 0.25) is 0 Å². The molecule has 6 aliphatic rings. The first-order valence-electron chi connectivity index (χ1n) is 27.4. The van der Waals surface area contributed by atoms with E-state index < -0.39 is 210 Å². The van der Waals surface area contributed by atoms with Gasteiger partial charge in [-0.2, -0.15) is 0 Å². The normalized spacial score (nSPS) is 47.5. The van der Waals surface area contributed by atoms with Gasteiger partial charge in [-0.05, 0) is 46.5 Å². The number of ether oxygens (including phenoxy) is 12. The van der Waals surface area contributed by atoms with Crippen molar-refractivity contribution in [2.75, 3.05) is 13.2 Å². The van der Waals surface area contributed by atoms with E-state index in [0.29, 0.717) is 12.8 Å². The summed E-state index contributed by atoms with van der Waals surface area (Å²) in [6, 6.07) is 0. The zero-order valence-corrected chi connectivity index (χ0v) is 45.2. The van der Waals surface area contributed by atoms with Crippen LogP contribution < -0.4 is 0 Å². The molecule has 0 aliphatic carbocycles. The molecule has 0 spiro atoms. The number of carboxylic acid groups (broad SMARTS) is 1. The van der Waals surface area contributed by atoms with Crippen molar-refractivity contribution in [3.05, 3.63) is 0 Å². The lowest BCUT2D eigenvalue weighted by atomic mass is 9.95. The summed E-state index contributed by atoms with van der Waals surface area (Å²) in [7, 11) is 0. The summed E-state index contributed by atoms with van der Waals surface area (Å²) in [5.74, 6) is -0.937. The average Bonchev–Trinajstić information content (AvgIpc) is 3.54. The third-order valence-corrected chi connectivity index (χ3v) is 15.7. The Morgan fingerprint density at radius 3 is 1.19 bits per heavy atom. The predicted octanol–water partition coefficient (Wildman–Crippen LogP) is -5.35. The van der Waals surface area contributed by atoms with Gasteiger partial charge >= 0.3 is 5.97 Å². The minimum Gasteiger partial charge on any atom is -0.481 e. The summed E-state index contributed by atoms with van der Waals surface area (Å²) in [6.45, 7) is 7.57. The fourth-order valence-corrected chi connectivity index (χ4v) is 10.6. The van der Waals surface area contributed by atoms with Crippen LogP contribution in [0.3, 0.4) is 0 Å². The number of carbonyl (C=O) groups is 1. The Hall–Kier alpha value is -1.61. The molecule has 6 saturated heterocycles. The van der Waals surface area contributed by atoms with Crippen molar-refractivity contribution in [1.29, 1.82) is 0 Å². The van der Waals surface area contributed by atoms with Crippen LogP contribution in [0.2, 0.25) is 0 Å². The van der Waals surface area contributed by atoms with E-state index in [4.69, 9.17) is 61.9 Å². The van der Waals surface area contributed by atoms with Crippen LogP contribution in [0.1, 0.15) is 99.3 Å². The maximum atomic E-state index is 12.4. The van der Waals surface area contributed by atoms with Gasteiger partial charge in [-0.15, -0.1) is 0 Å².